The smallest absolute Gasteiger partial charge is 0.336 e. The summed E-state index contributed by atoms with van der Waals surface area (Å²) in [6.45, 7) is 82.3. The number of esters is 4. The predicted molar refractivity (Wildman–Crippen MR) is 575 cm³/mol. The number of benzene rings is 7. The van der Waals surface area contributed by atoms with Gasteiger partial charge in [0.05, 0.1) is 19.6 Å². The molecule has 0 bridgehead atoms. The summed E-state index contributed by atoms with van der Waals surface area (Å²) in [7, 11) is 0. The second-order valence-electron chi connectivity index (χ2n) is 54.5. The van der Waals surface area contributed by atoms with E-state index in [1.54, 1.807) is 0 Å². The molecular weight excluding hydrogens is 1780 g/mol. The Morgan fingerprint density at radius 1 is 0.197 bits per heavy atom. The van der Waals surface area contributed by atoms with Crippen molar-refractivity contribution < 1.29 is 73.9 Å². The van der Waals surface area contributed by atoms with Crippen molar-refractivity contribution in [3.63, 3.8) is 0 Å². The molecule has 0 fully saturated rings. The highest BCUT2D eigenvalue weighted by molar-refractivity contribution is 5.73. The second-order valence-corrected chi connectivity index (χ2v) is 54.5. The lowest BCUT2D eigenvalue weighted by Gasteiger charge is -2.32. The fourth-order valence-electron chi connectivity index (χ4n) is 17.8. The van der Waals surface area contributed by atoms with Crippen LogP contribution in [-0.4, -0.2) is 99.8 Å². The van der Waals surface area contributed by atoms with Gasteiger partial charge in [-0.15, -0.1) is 0 Å². The van der Waals surface area contributed by atoms with E-state index in [0.717, 1.165) is 80.5 Å². The van der Waals surface area contributed by atoms with E-state index in [-0.39, 0.29) is 111 Å². The van der Waals surface area contributed by atoms with E-state index in [2.05, 4.69) is 0 Å². The third-order valence-corrected chi connectivity index (χ3v) is 26.5. The minimum Gasteiger partial charge on any atom is -0.507 e. The normalized spacial score (nSPS) is 13.3. The third kappa shape index (κ3) is 30.3. The predicted octanol–water partition coefficient (Wildman–Crippen LogP) is 25.1. The third-order valence-electron chi connectivity index (χ3n) is 26.5. The van der Waals surface area contributed by atoms with E-state index >= 15 is 0 Å². The van der Waals surface area contributed by atoms with E-state index in [0.29, 0.717) is 50.1 Å². The molecule has 0 radical (unpaired) electrons. The van der Waals surface area contributed by atoms with Gasteiger partial charge in [0.15, 0.2) is 0 Å². The van der Waals surface area contributed by atoms with Crippen LogP contribution in [0.15, 0.2) is 99.3 Å². The number of phenolic OH excluding ortho intramolecular Hbond substituents is 7. The maximum atomic E-state index is 14.7. The van der Waals surface area contributed by atoms with Crippen molar-refractivity contribution in [2.45, 2.75) is 438 Å². The van der Waals surface area contributed by atoms with Crippen LogP contribution in [0.5, 0.6) is 40.2 Å². The Morgan fingerprint density at radius 3 is 0.408 bits per heavy atom. The van der Waals surface area contributed by atoms with Gasteiger partial charge in [-0.25, -0.2) is 28.1 Å². The average molecular weight is 1960 g/mol. The summed E-state index contributed by atoms with van der Waals surface area (Å²) in [6.07, 6.45) is 0.854. The average Bonchev–Trinajstić information content (AvgIpc) is 0.718. The van der Waals surface area contributed by atoms with Gasteiger partial charge in [-0.2, -0.15) is 0 Å². The maximum Gasteiger partial charge on any atom is 0.336 e. The molecule has 784 valence electrons. The standard InChI is InChI=1S/C73H108O12.C48H69N3O6/c1-65(2,3)49-33-45(34-50(61(49)78)66(4,5)6)25-29-57(74)82-41-73(42-83-58(75)30-26-46-35-51(67(7,8)9)62(79)52(36-46)68(10,11)12,43-84-59(76)31-27-47-37-53(69(13,14)15)63(80)54(38-47)70(16,17)18)44-85-60(77)32-28-48-39-55(71(19,20)21)64(81)56(40-48)72(22,23)24;1-43(2,3)31-19-28(20-32(37(31)52)44(4,5)6)25-49-40(55)50(26-29-21-33(45(7,8)9)38(53)34(22-29)46(10,11)12)42(57)51(41(49)56)27-30-23-35(47(13,14)15)39(54)36(24-30)48(16,17)18/h33-40,78-81H,25-32,41-44H2,1-24H3;19-24,52-54H,25-27H2,1-18H3. The summed E-state index contributed by atoms with van der Waals surface area (Å²) in [5, 5.41) is 80.1. The minimum absolute atomic E-state index is 0.0629. The van der Waals surface area contributed by atoms with Crippen LogP contribution < -0.4 is 17.1 Å². The molecule has 7 aromatic carbocycles. The fourth-order valence-corrected chi connectivity index (χ4v) is 17.8. The van der Waals surface area contributed by atoms with E-state index in [9.17, 15) is 69.3 Å². The first-order chi connectivity index (χ1) is 64.0. The Labute approximate surface area is 849 Å². The van der Waals surface area contributed by atoms with Crippen molar-refractivity contribution in [3.05, 3.63) is 233 Å². The van der Waals surface area contributed by atoms with Crippen LogP contribution in [0.1, 0.15) is 433 Å². The summed E-state index contributed by atoms with van der Waals surface area (Å²) in [4.78, 5) is 100. The summed E-state index contributed by atoms with van der Waals surface area (Å²) in [5.41, 5.74) is 5.69. The first-order valence-corrected chi connectivity index (χ1v) is 50.6. The molecule has 0 spiro atoms. The molecule has 0 aliphatic carbocycles. The number of ether oxygens (including phenoxy) is 4. The van der Waals surface area contributed by atoms with Crippen molar-refractivity contribution in [3.8, 4) is 40.2 Å². The molecule has 8 aromatic rings. The van der Waals surface area contributed by atoms with Gasteiger partial charge in [-0.05, 0) is 255 Å². The largest absolute Gasteiger partial charge is 0.507 e. The Kier molecular flexibility index (Phi) is 35.5. The molecular formula is C121H177N3O18. The lowest BCUT2D eigenvalue weighted by molar-refractivity contribution is -0.170. The molecule has 0 amide bonds. The van der Waals surface area contributed by atoms with Crippen molar-refractivity contribution in [2.75, 3.05) is 26.4 Å². The first-order valence-electron chi connectivity index (χ1n) is 50.6. The summed E-state index contributed by atoms with van der Waals surface area (Å²) in [5.74, 6) is -0.943. The van der Waals surface area contributed by atoms with Gasteiger partial charge in [0, 0.05) is 25.7 Å². The Morgan fingerprint density at radius 2 is 0.303 bits per heavy atom. The van der Waals surface area contributed by atoms with E-state index in [4.69, 9.17) is 18.9 Å². The molecule has 21 heteroatoms. The minimum atomic E-state index is -1.58. The summed E-state index contributed by atoms with van der Waals surface area (Å²) >= 11 is 0. The number of carbonyl (C=O) groups excluding carboxylic acids is 4. The van der Waals surface area contributed by atoms with Crippen LogP contribution in [0.3, 0.4) is 0 Å². The summed E-state index contributed by atoms with van der Waals surface area (Å²) in [6, 6.07) is 26.4. The van der Waals surface area contributed by atoms with Gasteiger partial charge >= 0.3 is 40.9 Å². The number of nitrogens with zero attached hydrogens (tertiary/aromatic N) is 3. The fraction of sp³-hybridized carbons (Fsp3) is 0.595. The highest BCUT2D eigenvalue weighted by atomic mass is 16.6. The number of hydrogen-bond acceptors (Lipinski definition) is 18. The van der Waals surface area contributed by atoms with Crippen LogP contribution in [-0.2, 0) is 159 Å². The molecule has 142 heavy (non-hydrogen) atoms. The zero-order valence-electron chi connectivity index (χ0n) is 94.7. The van der Waals surface area contributed by atoms with Crippen LogP contribution in [0.25, 0.3) is 0 Å². The van der Waals surface area contributed by atoms with Crippen molar-refractivity contribution >= 4 is 23.9 Å². The lowest BCUT2D eigenvalue weighted by atomic mass is 9.78. The van der Waals surface area contributed by atoms with Gasteiger partial charge in [0.1, 0.15) is 72.1 Å². The Hall–Kier alpha value is -10.6. The van der Waals surface area contributed by atoms with Crippen molar-refractivity contribution in [2.24, 2.45) is 5.41 Å². The number of phenols is 7. The van der Waals surface area contributed by atoms with Gasteiger partial charge in [-0.1, -0.05) is 339 Å². The molecule has 0 atom stereocenters. The molecule has 8 rings (SSSR count). The quantitative estimate of drug-likeness (QED) is 0.0196. The van der Waals surface area contributed by atoms with E-state index < -0.39 is 149 Å². The summed E-state index contributed by atoms with van der Waals surface area (Å²) < 4.78 is 27.7. The molecule has 1 aromatic heterocycles. The van der Waals surface area contributed by atoms with Crippen LogP contribution in [0.4, 0.5) is 0 Å². The van der Waals surface area contributed by atoms with E-state index in [1.165, 1.54) is 0 Å². The highest BCUT2D eigenvalue weighted by Crippen LogP contribution is 2.49. The zero-order valence-corrected chi connectivity index (χ0v) is 94.7. The molecule has 0 saturated carbocycles. The number of aryl methyl sites for hydroxylation is 4. The molecule has 7 N–H and O–H groups in total. The molecule has 0 aliphatic heterocycles. The van der Waals surface area contributed by atoms with Gasteiger partial charge in [0.25, 0.3) is 0 Å². The molecule has 0 saturated heterocycles. The SMILES string of the molecule is CC(C)(C)c1cc(CCC(=O)OCC(COC(=O)CCc2cc(C(C)(C)C)c(O)c(C(C)(C)C)c2)(COC(=O)CCc2cc(C(C)(C)C)c(O)c(C(C)(C)C)c2)COC(=O)CCc2cc(C(C)(C)C)c(O)c(C(C)(C)C)c2)cc(C(C)(C)C)c1O.CC(C)(C)c1cc(Cn2c(=O)n(Cc3cc(C(C)(C)C)c(O)c(C(C)(C)C)c3)c(=O)n(Cc3cc(C(C)(C)C)c(O)c(C(C)(C)C)c3)c2=O)cc(C(C)(C)C)c1O. The first kappa shape index (κ1) is 118. The second kappa shape index (κ2) is 42.6. The van der Waals surface area contributed by atoms with Crippen molar-refractivity contribution in [1.82, 2.24) is 13.7 Å². The molecule has 21 nitrogen and oxygen atoms in total. The molecule has 0 aliphatic rings. The van der Waals surface area contributed by atoms with E-state index in [1.807, 2.05) is 376 Å². The molecule has 0 unspecified atom stereocenters. The molecule has 1 heterocycles. The van der Waals surface area contributed by atoms with Gasteiger partial charge in [0.2, 0.25) is 0 Å². The number of rotatable bonds is 26. The van der Waals surface area contributed by atoms with Crippen LogP contribution in [0.2, 0.25) is 0 Å². The lowest BCUT2D eigenvalue weighted by Crippen LogP contribution is -2.55. The highest BCUT2D eigenvalue weighted by Gasteiger charge is 2.41. The Bertz CT molecular complexity index is 5180. The van der Waals surface area contributed by atoms with Crippen molar-refractivity contribution in [1.29, 1.82) is 0 Å². The van der Waals surface area contributed by atoms with Crippen LogP contribution >= 0.6 is 0 Å². The monoisotopic (exact) mass is 1960 g/mol. The van der Waals surface area contributed by atoms with Gasteiger partial charge in [-0.3, -0.25) is 19.2 Å². The van der Waals surface area contributed by atoms with Gasteiger partial charge < -0.3 is 54.7 Å². The number of aromatic nitrogens is 3. The number of carbonyl (C=O) groups is 4. The van der Waals surface area contributed by atoms with Crippen LogP contribution in [0, 0.1) is 5.41 Å². The number of aromatic hydroxyl groups is 7. The zero-order chi connectivity index (χ0) is 109. The Balaban J connectivity index is 0.000000416. The topological polar surface area (TPSA) is 313 Å². The number of hydrogen-bond donors (Lipinski definition) is 7. The maximum absolute atomic E-state index is 14.7.